The number of likely N-dealkylation sites (tertiary alicyclic amines) is 1. The van der Waals surface area contributed by atoms with Crippen molar-refractivity contribution in [1.29, 1.82) is 5.41 Å². The minimum atomic E-state index is -3.54. The molecule has 2 amide bonds. The summed E-state index contributed by atoms with van der Waals surface area (Å²) in [7, 11) is -3.54. The van der Waals surface area contributed by atoms with Crippen molar-refractivity contribution in [3.05, 3.63) is 0 Å². The van der Waals surface area contributed by atoms with E-state index in [1.54, 1.807) is 0 Å². The minimum absolute atomic E-state index is 0.0232. The van der Waals surface area contributed by atoms with Gasteiger partial charge in [-0.2, -0.15) is 0 Å². The van der Waals surface area contributed by atoms with E-state index in [1.807, 2.05) is 6.92 Å². The number of carbonyl (C=O) groups excluding carboxylic acids is 2. The number of nitrogens with zero attached hydrogens (tertiary/aromatic N) is 1. The quantitative estimate of drug-likeness (QED) is 0.239. The van der Waals surface area contributed by atoms with Crippen molar-refractivity contribution in [2.75, 3.05) is 18.8 Å². The predicted octanol–water partition coefficient (Wildman–Crippen LogP) is -0.721. The van der Waals surface area contributed by atoms with Crippen LogP contribution in [0.4, 0.5) is 0 Å². The molecule has 0 aromatic rings. The summed E-state index contributed by atoms with van der Waals surface area (Å²) in [5.41, 5.74) is 5.52. The van der Waals surface area contributed by atoms with Gasteiger partial charge in [0, 0.05) is 12.5 Å². The SMILES string of the molecule is CCCCS(=O)(=O)N[C@H]1CCCN(CC(=O)N[C@H]2CCCC(C(=N)N)C2O)C1=O. The van der Waals surface area contributed by atoms with E-state index in [9.17, 15) is 23.1 Å². The van der Waals surface area contributed by atoms with E-state index in [2.05, 4.69) is 10.0 Å². The molecule has 1 aliphatic carbocycles. The first-order valence-electron chi connectivity index (χ1n) is 10.2. The second kappa shape index (κ2) is 10.4. The molecule has 1 aliphatic heterocycles. The summed E-state index contributed by atoms with van der Waals surface area (Å²) < 4.78 is 26.7. The van der Waals surface area contributed by atoms with Crippen LogP contribution in [0.3, 0.4) is 0 Å². The Kier molecular flexibility index (Phi) is 8.41. The molecule has 1 saturated carbocycles. The van der Waals surface area contributed by atoms with Crippen LogP contribution < -0.4 is 15.8 Å². The molecule has 2 unspecified atom stereocenters. The van der Waals surface area contributed by atoms with Gasteiger partial charge in [0.25, 0.3) is 0 Å². The van der Waals surface area contributed by atoms with Crippen LogP contribution in [0, 0.1) is 11.3 Å². The van der Waals surface area contributed by atoms with E-state index >= 15 is 0 Å². The molecule has 29 heavy (non-hydrogen) atoms. The largest absolute Gasteiger partial charge is 0.390 e. The minimum Gasteiger partial charge on any atom is -0.390 e. The third-order valence-electron chi connectivity index (χ3n) is 5.55. The van der Waals surface area contributed by atoms with Crippen molar-refractivity contribution >= 4 is 27.7 Å². The second-order valence-corrected chi connectivity index (χ2v) is 9.78. The Hall–Kier alpha value is -1.72. The average Bonchev–Trinajstić information content (AvgIpc) is 2.64. The van der Waals surface area contributed by atoms with Gasteiger partial charge < -0.3 is 21.1 Å². The van der Waals surface area contributed by atoms with Crippen molar-refractivity contribution < 1.29 is 23.1 Å². The van der Waals surface area contributed by atoms with Gasteiger partial charge in [0.15, 0.2) is 0 Å². The van der Waals surface area contributed by atoms with Gasteiger partial charge in [0.05, 0.1) is 30.3 Å². The summed E-state index contributed by atoms with van der Waals surface area (Å²) in [4.78, 5) is 26.4. The highest BCUT2D eigenvalue weighted by molar-refractivity contribution is 7.89. The molecular formula is C18H33N5O5S. The van der Waals surface area contributed by atoms with E-state index in [0.717, 1.165) is 12.8 Å². The van der Waals surface area contributed by atoms with Crippen LogP contribution in [0.5, 0.6) is 0 Å². The Bertz CT molecular complexity index is 713. The number of sulfonamides is 1. The number of amidine groups is 1. The summed E-state index contributed by atoms with van der Waals surface area (Å²) in [6.07, 6.45) is 3.24. The summed E-state index contributed by atoms with van der Waals surface area (Å²) in [5, 5.41) is 20.6. The van der Waals surface area contributed by atoms with E-state index in [0.29, 0.717) is 38.6 Å². The molecule has 0 spiro atoms. The lowest BCUT2D eigenvalue weighted by atomic mass is 9.82. The fourth-order valence-corrected chi connectivity index (χ4v) is 5.36. The average molecular weight is 432 g/mol. The van der Waals surface area contributed by atoms with Crippen LogP contribution in [0.15, 0.2) is 0 Å². The first-order chi connectivity index (χ1) is 13.6. The van der Waals surface area contributed by atoms with Crippen LogP contribution in [0.2, 0.25) is 0 Å². The highest BCUT2D eigenvalue weighted by atomic mass is 32.2. The molecule has 2 fully saturated rings. The van der Waals surface area contributed by atoms with Gasteiger partial charge >= 0.3 is 0 Å². The Morgan fingerprint density at radius 3 is 2.69 bits per heavy atom. The number of aliphatic hydroxyl groups excluding tert-OH is 1. The predicted molar refractivity (Wildman–Crippen MR) is 109 cm³/mol. The van der Waals surface area contributed by atoms with Gasteiger partial charge in [-0.05, 0) is 32.1 Å². The maximum Gasteiger partial charge on any atom is 0.241 e. The number of nitrogens with one attached hydrogen (secondary N) is 3. The Balaban J connectivity index is 1.91. The molecule has 1 heterocycles. The Morgan fingerprint density at radius 2 is 2.03 bits per heavy atom. The first kappa shape index (κ1) is 23.6. The van der Waals surface area contributed by atoms with Crippen LogP contribution in [0.1, 0.15) is 51.9 Å². The van der Waals surface area contributed by atoms with Gasteiger partial charge in [-0.1, -0.05) is 19.8 Å². The topological polar surface area (TPSA) is 166 Å². The second-order valence-electron chi connectivity index (χ2n) is 7.90. The number of unbranched alkanes of at least 4 members (excludes halogenated alkanes) is 1. The van der Waals surface area contributed by atoms with E-state index < -0.39 is 45.9 Å². The molecule has 0 bridgehead atoms. The monoisotopic (exact) mass is 431 g/mol. The normalized spacial score (nSPS) is 28.2. The molecule has 1 saturated heterocycles. The molecule has 6 N–H and O–H groups in total. The van der Waals surface area contributed by atoms with Gasteiger partial charge in [0.1, 0.15) is 6.04 Å². The lowest BCUT2D eigenvalue weighted by Crippen LogP contribution is -2.57. The van der Waals surface area contributed by atoms with Crippen molar-refractivity contribution in [1.82, 2.24) is 14.9 Å². The molecule has 2 rings (SSSR count). The number of aliphatic hydroxyl groups is 1. The number of hydrogen-bond acceptors (Lipinski definition) is 6. The maximum atomic E-state index is 12.6. The Labute approximate surface area is 172 Å². The van der Waals surface area contributed by atoms with Crippen LogP contribution in [0.25, 0.3) is 0 Å². The van der Waals surface area contributed by atoms with Crippen molar-refractivity contribution in [3.8, 4) is 0 Å². The van der Waals surface area contributed by atoms with E-state index in [4.69, 9.17) is 11.1 Å². The van der Waals surface area contributed by atoms with Crippen molar-refractivity contribution in [2.24, 2.45) is 11.7 Å². The summed E-state index contributed by atoms with van der Waals surface area (Å²) in [5.74, 6) is -1.42. The Morgan fingerprint density at radius 1 is 1.31 bits per heavy atom. The highest BCUT2D eigenvalue weighted by Gasteiger charge is 2.36. The highest BCUT2D eigenvalue weighted by Crippen LogP contribution is 2.25. The van der Waals surface area contributed by atoms with Gasteiger partial charge in [-0.15, -0.1) is 0 Å². The van der Waals surface area contributed by atoms with Crippen LogP contribution >= 0.6 is 0 Å². The number of hydrogen-bond donors (Lipinski definition) is 5. The zero-order valence-corrected chi connectivity index (χ0v) is 17.7. The van der Waals surface area contributed by atoms with Crippen LogP contribution in [-0.2, 0) is 19.6 Å². The molecule has 4 atom stereocenters. The number of amides is 2. The number of rotatable bonds is 9. The third kappa shape index (κ3) is 6.65. The van der Waals surface area contributed by atoms with E-state index in [-0.39, 0.29) is 18.1 Å². The standard InChI is InChI=1S/C18H33N5O5S/c1-2-3-10-29(27,28)22-14-8-5-9-23(18(14)26)11-15(24)21-13-7-4-6-12(16(13)25)17(19)20/h12-14,16,22,25H,2-11H2,1H3,(H3,19,20)(H,21,24)/t12?,13-,14-,16?/m0/s1. The van der Waals surface area contributed by atoms with E-state index in [1.165, 1.54) is 4.90 Å². The molecule has 2 aliphatic rings. The maximum absolute atomic E-state index is 12.6. The molecular weight excluding hydrogens is 398 g/mol. The number of carbonyl (C=O) groups is 2. The number of nitrogens with two attached hydrogens (primary N) is 1. The number of piperidine rings is 1. The molecule has 11 heteroatoms. The summed E-state index contributed by atoms with van der Waals surface area (Å²) in [6, 6.07) is -1.37. The molecule has 0 aromatic carbocycles. The smallest absolute Gasteiger partial charge is 0.241 e. The third-order valence-corrected chi connectivity index (χ3v) is 7.02. The summed E-state index contributed by atoms with van der Waals surface area (Å²) in [6.45, 7) is 2.08. The van der Waals surface area contributed by atoms with Crippen molar-refractivity contribution in [3.63, 3.8) is 0 Å². The fourth-order valence-electron chi connectivity index (χ4n) is 3.92. The van der Waals surface area contributed by atoms with Crippen LogP contribution in [-0.4, -0.2) is 73.1 Å². The van der Waals surface area contributed by atoms with Gasteiger partial charge in [-0.3, -0.25) is 15.0 Å². The zero-order valence-electron chi connectivity index (χ0n) is 16.9. The lowest BCUT2D eigenvalue weighted by Gasteiger charge is -2.36. The zero-order chi connectivity index (χ0) is 21.6. The molecule has 0 aromatic heterocycles. The summed E-state index contributed by atoms with van der Waals surface area (Å²) >= 11 is 0. The molecule has 166 valence electrons. The molecule has 10 nitrogen and oxygen atoms in total. The van der Waals surface area contributed by atoms with Crippen molar-refractivity contribution in [2.45, 2.75) is 70.1 Å². The fraction of sp³-hybridized carbons (Fsp3) is 0.833. The lowest BCUT2D eigenvalue weighted by molar-refractivity contribution is -0.140. The van der Waals surface area contributed by atoms with Gasteiger partial charge in [0.2, 0.25) is 21.8 Å². The first-order valence-corrected chi connectivity index (χ1v) is 11.9. The molecule has 0 radical (unpaired) electrons. The van der Waals surface area contributed by atoms with Gasteiger partial charge in [-0.25, -0.2) is 13.1 Å².